The lowest BCUT2D eigenvalue weighted by Gasteiger charge is -2.31. The van der Waals surface area contributed by atoms with Gasteiger partial charge in [-0.25, -0.2) is 0 Å². The smallest absolute Gasteiger partial charge is 0.127 e. The van der Waals surface area contributed by atoms with Gasteiger partial charge in [-0.05, 0) is 30.5 Å². The molecule has 1 atom stereocenters. The van der Waals surface area contributed by atoms with Gasteiger partial charge in [-0.15, -0.1) is 0 Å². The Morgan fingerprint density at radius 2 is 1.35 bits per heavy atom. The van der Waals surface area contributed by atoms with Gasteiger partial charge in [0.25, 0.3) is 0 Å². The van der Waals surface area contributed by atoms with Crippen molar-refractivity contribution in [1.82, 2.24) is 0 Å². The molecule has 0 heterocycles. The maximum Gasteiger partial charge on any atom is 0.127 e. The molecule has 0 bridgehead atoms. The van der Waals surface area contributed by atoms with Crippen LogP contribution in [-0.2, 0) is 0 Å². The van der Waals surface area contributed by atoms with Gasteiger partial charge >= 0.3 is 0 Å². The van der Waals surface area contributed by atoms with Crippen LogP contribution in [0.3, 0.4) is 0 Å². The van der Waals surface area contributed by atoms with Gasteiger partial charge in [-0.3, -0.25) is 0 Å². The van der Waals surface area contributed by atoms with E-state index < -0.39 is 0 Å². The van der Waals surface area contributed by atoms with Gasteiger partial charge in [-0.2, -0.15) is 0 Å². The highest BCUT2D eigenvalue weighted by atomic mass is 16.5. The highest BCUT2D eigenvalue weighted by Gasteiger charge is 2.26. The van der Waals surface area contributed by atoms with Gasteiger partial charge in [0, 0.05) is 5.92 Å². The Labute approximate surface area is 121 Å². The fourth-order valence-corrected chi connectivity index (χ4v) is 3.16. The van der Waals surface area contributed by atoms with Gasteiger partial charge < -0.3 is 4.74 Å². The van der Waals surface area contributed by atoms with E-state index in [0.29, 0.717) is 5.92 Å². The highest BCUT2D eigenvalue weighted by molar-refractivity contribution is 5.25. The van der Waals surface area contributed by atoms with Crippen molar-refractivity contribution in [2.75, 3.05) is 0 Å². The minimum atomic E-state index is 0.193. The Balaban J connectivity index is 1.83. The fraction of sp³-hybridized carbons (Fsp3) is 0.368. The maximum atomic E-state index is 6.34. The average molecular weight is 266 g/mol. The molecule has 2 aromatic rings. The molecule has 0 amide bonds. The quantitative estimate of drug-likeness (QED) is 0.721. The van der Waals surface area contributed by atoms with Gasteiger partial charge in [0.2, 0.25) is 0 Å². The van der Waals surface area contributed by atoms with Gasteiger partial charge in [0.1, 0.15) is 11.9 Å². The second kappa shape index (κ2) is 6.60. The molecule has 0 aromatic heterocycles. The molecule has 1 aliphatic carbocycles. The molecule has 1 heteroatoms. The Morgan fingerprint density at radius 1 is 0.750 bits per heavy atom. The number of benzene rings is 2. The standard InChI is InChI=1S/C19H22O/c1-4-10-16(11-5-1)19(17-12-6-2-7-13-17)20-18-14-8-3-9-15-18/h1,3-5,8-11,14-15,17,19H,2,6-7,12-13H2/t19-/m1/s1. The van der Waals surface area contributed by atoms with E-state index in [1.54, 1.807) is 0 Å². The van der Waals surface area contributed by atoms with Crippen molar-refractivity contribution in [3.05, 3.63) is 66.2 Å². The van der Waals surface area contributed by atoms with Crippen LogP contribution in [0.1, 0.15) is 43.8 Å². The summed E-state index contributed by atoms with van der Waals surface area (Å²) in [5.74, 6) is 1.62. The van der Waals surface area contributed by atoms with Crippen LogP contribution in [0.15, 0.2) is 60.7 Å². The summed E-state index contributed by atoms with van der Waals surface area (Å²) in [6, 6.07) is 20.9. The Morgan fingerprint density at radius 3 is 2.00 bits per heavy atom. The monoisotopic (exact) mass is 266 g/mol. The SMILES string of the molecule is c1ccc(O[C@H](c2ccccc2)C2CCCCC2)cc1. The molecular weight excluding hydrogens is 244 g/mol. The Bertz CT molecular complexity index is 500. The summed E-state index contributed by atoms with van der Waals surface area (Å²) in [6.07, 6.45) is 6.82. The summed E-state index contributed by atoms with van der Waals surface area (Å²) in [6.45, 7) is 0. The number of para-hydroxylation sites is 1. The van der Waals surface area contributed by atoms with E-state index >= 15 is 0 Å². The fourth-order valence-electron chi connectivity index (χ4n) is 3.16. The number of rotatable bonds is 4. The number of ether oxygens (including phenoxy) is 1. The first-order chi connectivity index (χ1) is 9.93. The minimum Gasteiger partial charge on any atom is -0.485 e. The summed E-state index contributed by atoms with van der Waals surface area (Å²) in [5.41, 5.74) is 1.31. The van der Waals surface area contributed by atoms with Crippen molar-refractivity contribution < 1.29 is 4.74 Å². The van der Waals surface area contributed by atoms with E-state index in [1.165, 1.54) is 37.7 Å². The second-order valence-electron chi connectivity index (χ2n) is 5.66. The molecule has 1 nitrogen and oxygen atoms in total. The third kappa shape index (κ3) is 3.22. The minimum absolute atomic E-state index is 0.193. The molecule has 2 aromatic carbocycles. The first-order valence-corrected chi connectivity index (χ1v) is 7.70. The van der Waals surface area contributed by atoms with Gasteiger partial charge in [0.05, 0.1) is 0 Å². The van der Waals surface area contributed by atoms with E-state index in [4.69, 9.17) is 4.74 Å². The summed E-state index contributed by atoms with van der Waals surface area (Å²) in [5, 5.41) is 0. The first kappa shape index (κ1) is 13.2. The maximum absolute atomic E-state index is 6.34. The largest absolute Gasteiger partial charge is 0.485 e. The summed E-state index contributed by atoms with van der Waals surface area (Å²) in [7, 11) is 0. The van der Waals surface area contributed by atoms with E-state index in [9.17, 15) is 0 Å². The zero-order chi connectivity index (χ0) is 13.6. The first-order valence-electron chi connectivity index (χ1n) is 7.70. The third-order valence-electron chi connectivity index (χ3n) is 4.21. The molecule has 0 saturated heterocycles. The average Bonchev–Trinajstić information content (AvgIpc) is 2.55. The van der Waals surface area contributed by atoms with Crippen LogP contribution in [-0.4, -0.2) is 0 Å². The summed E-state index contributed by atoms with van der Waals surface area (Å²) in [4.78, 5) is 0. The van der Waals surface area contributed by atoms with Crippen molar-refractivity contribution in [3.8, 4) is 5.75 Å². The zero-order valence-corrected chi connectivity index (χ0v) is 11.9. The van der Waals surface area contributed by atoms with Crippen molar-refractivity contribution in [1.29, 1.82) is 0 Å². The molecule has 0 unspecified atom stereocenters. The molecule has 1 aliphatic rings. The third-order valence-corrected chi connectivity index (χ3v) is 4.21. The van der Waals surface area contributed by atoms with Crippen molar-refractivity contribution in [2.24, 2.45) is 5.92 Å². The van der Waals surface area contributed by atoms with E-state index in [2.05, 4.69) is 42.5 Å². The molecule has 1 saturated carbocycles. The Kier molecular flexibility index (Phi) is 4.37. The number of hydrogen-bond donors (Lipinski definition) is 0. The van der Waals surface area contributed by atoms with Crippen LogP contribution in [0.4, 0.5) is 0 Å². The van der Waals surface area contributed by atoms with Crippen molar-refractivity contribution in [3.63, 3.8) is 0 Å². The second-order valence-corrected chi connectivity index (χ2v) is 5.66. The lowest BCUT2D eigenvalue weighted by molar-refractivity contribution is 0.108. The van der Waals surface area contributed by atoms with E-state index in [0.717, 1.165) is 5.75 Å². The van der Waals surface area contributed by atoms with Crippen molar-refractivity contribution >= 4 is 0 Å². The lowest BCUT2D eigenvalue weighted by Crippen LogP contribution is -2.21. The van der Waals surface area contributed by atoms with E-state index in [-0.39, 0.29) is 6.10 Å². The molecule has 0 spiro atoms. The molecule has 0 aliphatic heterocycles. The predicted octanol–water partition coefficient (Wildman–Crippen LogP) is 5.39. The Hall–Kier alpha value is -1.76. The van der Waals surface area contributed by atoms with E-state index in [1.807, 2.05) is 18.2 Å². The normalized spacial score (nSPS) is 17.6. The molecule has 3 rings (SSSR count). The summed E-state index contributed by atoms with van der Waals surface area (Å²) >= 11 is 0. The molecule has 0 N–H and O–H groups in total. The topological polar surface area (TPSA) is 9.23 Å². The molecule has 104 valence electrons. The molecule has 1 fully saturated rings. The zero-order valence-electron chi connectivity index (χ0n) is 11.9. The van der Waals surface area contributed by atoms with Gasteiger partial charge in [-0.1, -0.05) is 67.8 Å². The predicted molar refractivity (Wildman–Crippen MR) is 82.8 cm³/mol. The van der Waals surface area contributed by atoms with Crippen LogP contribution < -0.4 is 4.74 Å². The molecule has 0 radical (unpaired) electrons. The van der Waals surface area contributed by atoms with Crippen LogP contribution >= 0.6 is 0 Å². The summed E-state index contributed by atoms with van der Waals surface area (Å²) < 4.78 is 6.34. The highest BCUT2D eigenvalue weighted by Crippen LogP contribution is 2.37. The molecular formula is C19H22O. The van der Waals surface area contributed by atoms with Gasteiger partial charge in [0.15, 0.2) is 0 Å². The van der Waals surface area contributed by atoms with Crippen LogP contribution in [0, 0.1) is 5.92 Å². The van der Waals surface area contributed by atoms with Crippen LogP contribution in [0.25, 0.3) is 0 Å². The van der Waals surface area contributed by atoms with Crippen molar-refractivity contribution in [2.45, 2.75) is 38.2 Å². The lowest BCUT2D eigenvalue weighted by atomic mass is 9.82. The molecule has 20 heavy (non-hydrogen) atoms. The number of hydrogen-bond acceptors (Lipinski definition) is 1. The van der Waals surface area contributed by atoms with Crippen LogP contribution in [0.5, 0.6) is 5.75 Å². The van der Waals surface area contributed by atoms with Crippen LogP contribution in [0.2, 0.25) is 0 Å².